The molecule has 140 valence electrons. The Bertz CT molecular complexity index is 687. The summed E-state index contributed by atoms with van der Waals surface area (Å²) >= 11 is 0. The maximum atomic E-state index is 12.5. The van der Waals surface area contributed by atoms with E-state index in [1.165, 1.54) is 0 Å². The van der Waals surface area contributed by atoms with Crippen molar-refractivity contribution < 1.29 is 19.1 Å². The van der Waals surface area contributed by atoms with Crippen molar-refractivity contribution in [1.82, 2.24) is 10.6 Å². The van der Waals surface area contributed by atoms with Crippen molar-refractivity contribution in [2.24, 2.45) is 0 Å². The van der Waals surface area contributed by atoms with Gasteiger partial charge in [0, 0.05) is 24.5 Å². The highest BCUT2D eigenvalue weighted by Crippen LogP contribution is 2.22. The average Bonchev–Trinajstić information content (AvgIpc) is 2.96. The monoisotopic (exact) mass is 360 g/mol. The first kappa shape index (κ1) is 19.4. The lowest BCUT2D eigenvalue weighted by molar-refractivity contribution is -0.142. The van der Waals surface area contributed by atoms with Crippen molar-refractivity contribution in [3.8, 4) is 0 Å². The van der Waals surface area contributed by atoms with Gasteiger partial charge in [0.25, 0.3) is 0 Å². The second kappa shape index (κ2) is 8.98. The van der Waals surface area contributed by atoms with E-state index in [0.29, 0.717) is 25.3 Å². The van der Waals surface area contributed by atoms with Crippen molar-refractivity contribution >= 4 is 29.3 Å². The van der Waals surface area contributed by atoms with Gasteiger partial charge in [-0.3, -0.25) is 9.59 Å². The van der Waals surface area contributed by atoms with Gasteiger partial charge < -0.3 is 25.7 Å². The molecule has 1 fully saturated rings. The maximum Gasteiger partial charge on any atom is 0.315 e. The molecule has 0 spiro atoms. The van der Waals surface area contributed by atoms with Crippen molar-refractivity contribution in [2.75, 3.05) is 24.6 Å². The van der Waals surface area contributed by atoms with Crippen LogP contribution in [0, 0.1) is 5.41 Å². The molecule has 1 aliphatic rings. The number of ether oxygens (including phenoxy) is 1. The van der Waals surface area contributed by atoms with Gasteiger partial charge in [-0.05, 0) is 38.0 Å². The van der Waals surface area contributed by atoms with E-state index in [9.17, 15) is 14.4 Å². The Kier molecular flexibility index (Phi) is 6.71. The van der Waals surface area contributed by atoms with Gasteiger partial charge in [0.2, 0.25) is 5.91 Å². The second-order valence-electron chi connectivity index (χ2n) is 5.96. The molecule has 1 heterocycles. The van der Waals surface area contributed by atoms with E-state index >= 15 is 0 Å². The molecule has 1 atom stereocenters. The molecule has 1 aliphatic heterocycles. The van der Waals surface area contributed by atoms with E-state index in [0.717, 1.165) is 11.3 Å². The summed E-state index contributed by atoms with van der Waals surface area (Å²) in [5, 5.41) is 12.8. The van der Waals surface area contributed by atoms with Gasteiger partial charge in [0.05, 0.1) is 13.0 Å². The number of hydrogen-bond donors (Lipinski definition) is 3. The minimum atomic E-state index is -0.596. The molecule has 1 saturated heterocycles. The average molecular weight is 360 g/mol. The number of esters is 1. The first-order valence-electron chi connectivity index (χ1n) is 8.59. The Labute approximate surface area is 152 Å². The Morgan fingerprint density at radius 2 is 2.00 bits per heavy atom. The number of benzene rings is 1. The number of carbonyl (C=O) groups is 3. The lowest BCUT2D eigenvalue weighted by Gasteiger charge is -2.18. The molecule has 0 aromatic heterocycles. The van der Waals surface area contributed by atoms with Crippen LogP contribution in [0.25, 0.3) is 0 Å². The van der Waals surface area contributed by atoms with Gasteiger partial charge in [-0.1, -0.05) is 12.1 Å². The summed E-state index contributed by atoms with van der Waals surface area (Å²) in [6, 6.07) is 6.12. The molecule has 1 aromatic rings. The summed E-state index contributed by atoms with van der Waals surface area (Å²) in [5.74, 6) is -0.551. The zero-order chi connectivity index (χ0) is 19.1. The number of carbonyl (C=O) groups excluding carboxylic acids is 3. The summed E-state index contributed by atoms with van der Waals surface area (Å²) in [7, 11) is 0. The minimum absolute atomic E-state index is 0.0881. The molecule has 26 heavy (non-hydrogen) atoms. The summed E-state index contributed by atoms with van der Waals surface area (Å²) in [4.78, 5) is 37.2. The number of anilines is 1. The molecule has 2 rings (SSSR count). The molecular formula is C18H24N4O4. The predicted octanol–water partition coefficient (Wildman–Crippen LogP) is 1.43. The van der Waals surface area contributed by atoms with Gasteiger partial charge in [0.1, 0.15) is 6.04 Å². The van der Waals surface area contributed by atoms with Crippen molar-refractivity contribution in [3.05, 3.63) is 29.8 Å². The third-order valence-corrected chi connectivity index (χ3v) is 4.04. The van der Waals surface area contributed by atoms with E-state index < -0.39 is 12.1 Å². The van der Waals surface area contributed by atoms with Crippen LogP contribution in [-0.4, -0.2) is 49.4 Å². The lowest BCUT2D eigenvalue weighted by atomic mass is 10.1. The molecule has 8 nitrogen and oxygen atoms in total. The summed E-state index contributed by atoms with van der Waals surface area (Å²) < 4.78 is 4.78. The van der Waals surface area contributed by atoms with Crippen LogP contribution in [0.5, 0.6) is 0 Å². The lowest BCUT2D eigenvalue weighted by Crippen LogP contribution is -2.46. The standard InChI is InChI=1S/C18H24N4O4/c1-3-26-16(23)8-10-20-18(25)21-15-9-11-22(17(15)24)14-6-4-13(5-7-14)12(2)19/h4-7,15,19H,3,8-11H2,1-2H3,(H2,20,21,25). The van der Waals surface area contributed by atoms with Crippen LogP contribution in [0.4, 0.5) is 10.5 Å². The van der Waals surface area contributed by atoms with E-state index in [4.69, 9.17) is 10.1 Å². The predicted molar refractivity (Wildman–Crippen MR) is 97.5 cm³/mol. The van der Waals surface area contributed by atoms with E-state index in [1.807, 2.05) is 0 Å². The smallest absolute Gasteiger partial charge is 0.315 e. The molecule has 3 N–H and O–H groups in total. The molecule has 3 amide bonds. The quantitative estimate of drug-likeness (QED) is 0.504. The van der Waals surface area contributed by atoms with Gasteiger partial charge in [-0.25, -0.2) is 4.79 Å². The van der Waals surface area contributed by atoms with Crippen molar-refractivity contribution in [2.45, 2.75) is 32.7 Å². The third-order valence-electron chi connectivity index (χ3n) is 4.04. The SMILES string of the molecule is CCOC(=O)CCNC(=O)NC1CCN(c2ccc(C(C)=N)cc2)C1=O. The second-order valence-corrected chi connectivity index (χ2v) is 5.96. The largest absolute Gasteiger partial charge is 0.466 e. The number of urea groups is 1. The molecule has 1 aromatic carbocycles. The fourth-order valence-corrected chi connectivity index (χ4v) is 2.68. The number of nitrogens with one attached hydrogen (secondary N) is 3. The minimum Gasteiger partial charge on any atom is -0.466 e. The topological polar surface area (TPSA) is 112 Å². The molecule has 1 unspecified atom stereocenters. The Morgan fingerprint density at radius 1 is 1.31 bits per heavy atom. The zero-order valence-electron chi connectivity index (χ0n) is 15.0. The number of nitrogens with zero attached hydrogens (tertiary/aromatic N) is 1. The van der Waals surface area contributed by atoms with Crippen LogP contribution in [0.2, 0.25) is 0 Å². The molecular weight excluding hydrogens is 336 g/mol. The Hall–Kier alpha value is -2.90. The first-order chi connectivity index (χ1) is 12.4. The van der Waals surface area contributed by atoms with E-state index in [-0.39, 0.29) is 24.8 Å². The fraction of sp³-hybridized carbons (Fsp3) is 0.444. The molecule has 0 aliphatic carbocycles. The maximum absolute atomic E-state index is 12.5. The third kappa shape index (κ3) is 5.05. The van der Waals surface area contributed by atoms with Crippen LogP contribution < -0.4 is 15.5 Å². The molecule has 0 saturated carbocycles. The van der Waals surface area contributed by atoms with Crippen molar-refractivity contribution in [1.29, 1.82) is 5.41 Å². The summed E-state index contributed by atoms with van der Waals surface area (Å²) in [6.45, 7) is 4.39. The van der Waals surface area contributed by atoms with Crippen LogP contribution >= 0.6 is 0 Å². The first-order valence-corrected chi connectivity index (χ1v) is 8.59. The van der Waals surface area contributed by atoms with Gasteiger partial charge in [-0.15, -0.1) is 0 Å². The summed E-state index contributed by atoms with van der Waals surface area (Å²) in [5.41, 5.74) is 2.01. The Balaban J connectivity index is 1.83. The fourth-order valence-electron chi connectivity index (χ4n) is 2.68. The summed E-state index contributed by atoms with van der Waals surface area (Å²) in [6.07, 6.45) is 0.597. The molecule has 0 bridgehead atoms. The zero-order valence-corrected chi connectivity index (χ0v) is 15.0. The van der Waals surface area contributed by atoms with Gasteiger partial charge >= 0.3 is 12.0 Å². The van der Waals surface area contributed by atoms with Crippen LogP contribution in [0.1, 0.15) is 32.3 Å². The number of hydrogen-bond acceptors (Lipinski definition) is 5. The number of amides is 3. The number of rotatable bonds is 7. The van der Waals surface area contributed by atoms with Crippen LogP contribution in [-0.2, 0) is 14.3 Å². The van der Waals surface area contributed by atoms with E-state index in [1.54, 1.807) is 43.0 Å². The highest BCUT2D eigenvalue weighted by molar-refractivity contribution is 6.02. The highest BCUT2D eigenvalue weighted by atomic mass is 16.5. The van der Waals surface area contributed by atoms with Crippen molar-refractivity contribution in [3.63, 3.8) is 0 Å². The molecule has 8 heteroatoms. The van der Waals surface area contributed by atoms with Gasteiger partial charge in [-0.2, -0.15) is 0 Å². The van der Waals surface area contributed by atoms with Crippen LogP contribution in [0.15, 0.2) is 24.3 Å². The highest BCUT2D eigenvalue weighted by Gasteiger charge is 2.33. The normalized spacial score (nSPS) is 16.3. The molecule has 0 radical (unpaired) electrons. The van der Waals surface area contributed by atoms with Crippen LogP contribution in [0.3, 0.4) is 0 Å². The van der Waals surface area contributed by atoms with E-state index in [2.05, 4.69) is 10.6 Å². The van der Waals surface area contributed by atoms with Gasteiger partial charge in [0.15, 0.2) is 0 Å². The Morgan fingerprint density at radius 3 is 2.62 bits per heavy atom.